The maximum Gasteiger partial charge on any atom is 0.225 e. The molecule has 1 aliphatic rings. The second kappa shape index (κ2) is 4.64. The molecule has 1 aliphatic carbocycles. The van der Waals surface area contributed by atoms with Crippen LogP contribution in [0.1, 0.15) is 46.0 Å². The Labute approximate surface area is 90.6 Å². The second-order valence-electron chi connectivity index (χ2n) is 4.63. The summed E-state index contributed by atoms with van der Waals surface area (Å²) in [5.41, 5.74) is 4.87. The SMILES string of the molecule is CC(=O)NC1CCCCCC1(C)C(N)=O. The molecule has 1 fully saturated rings. The average molecular weight is 212 g/mol. The predicted molar refractivity (Wildman–Crippen MR) is 58.0 cm³/mol. The van der Waals surface area contributed by atoms with Gasteiger partial charge in [-0.1, -0.05) is 19.3 Å². The predicted octanol–water partition coefficient (Wildman–Crippen LogP) is 0.947. The Balaban J connectivity index is 2.84. The molecule has 0 bridgehead atoms. The molecule has 4 heteroatoms. The zero-order valence-corrected chi connectivity index (χ0v) is 9.51. The molecule has 0 aromatic heterocycles. The molecule has 0 aromatic rings. The summed E-state index contributed by atoms with van der Waals surface area (Å²) in [5, 5.41) is 2.85. The first-order valence-corrected chi connectivity index (χ1v) is 5.54. The first-order chi connectivity index (χ1) is 6.97. The van der Waals surface area contributed by atoms with Crippen molar-refractivity contribution in [1.82, 2.24) is 5.32 Å². The van der Waals surface area contributed by atoms with Gasteiger partial charge in [-0.15, -0.1) is 0 Å². The van der Waals surface area contributed by atoms with E-state index in [0.29, 0.717) is 0 Å². The van der Waals surface area contributed by atoms with Crippen molar-refractivity contribution in [2.75, 3.05) is 0 Å². The number of carbonyl (C=O) groups is 2. The van der Waals surface area contributed by atoms with Crippen LogP contribution in [-0.4, -0.2) is 17.9 Å². The van der Waals surface area contributed by atoms with Crippen molar-refractivity contribution in [3.05, 3.63) is 0 Å². The summed E-state index contributed by atoms with van der Waals surface area (Å²) in [6.07, 6.45) is 4.79. The molecule has 2 amide bonds. The lowest BCUT2D eigenvalue weighted by Gasteiger charge is -2.33. The number of amides is 2. The summed E-state index contributed by atoms with van der Waals surface area (Å²) < 4.78 is 0. The fraction of sp³-hybridized carbons (Fsp3) is 0.818. The van der Waals surface area contributed by atoms with Gasteiger partial charge in [-0.3, -0.25) is 9.59 Å². The summed E-state index contributed by atoms with van der Waals surface area (Å²) in [6.45, 7) is 3.34. The Morgan fingerprint density at radius 2 is 2.00 bits per heavy atom. The molecule has 15 heavy (non-hydrogen) atoms. The Hall–Kier alpha value is -1.06. The van der Waals surface area contributed by atoms with Crippen LogP contribution in [0.15, 0.2) is 0 Å². The number of rotatable bonds is 2. The first kappa shape index (κ1) is 12.0. The van der Waals surface area contributed by atoms with Gasteiger partial charge in [0, 0.05) is 13.0 Å². The van der Waals surface area contributed by atoms with Crippen molar-refractivity contribution in [2.45, 2.75) is 52.0 Å². The van der Waals surface area contributed by atoms with Crippen LogP contribution in [-0.2, 0) is 9.59 Å². The van der Waals surface area contributed by atoms with Gasteiger partial charge in [0.2, 0.25) is 11.8 Å². The van der Waals surface area contributed by atoms with Crippen molar-refractivity contribution in [1.29, 1.82) is 0 Å². The molecule has 0 radical (unpaired) electrons. The number of nitrogens with one attached hydrogen (secondary N) is 1. The van der Waals surface area contributed by atoms with E-state index in [4.69, 9.17) is 5.73 Å². The first-order valence-electron chi connectivity index (χ1n) is 5.54. The van der Waals surface area contributed by atoms with E-state index in [1.54, 1.807) is 0 Å². The Morgan fingerprint density at radius 3 is 2.53 bits per heavy atom. The van der Waals surface area contributed by atoms with Crippen LogP contribution in [0.25, 0.3) is 0 Å². The van der Waals surface area contributed by atoms with Crippen LogP contribution >= 0.6 is 0 Å². The molecule has 1 saturated carbocycles. The van der Waals surface area contributed by atoms with Crippen LogP contribution in [0.2, 0.25) is 0 Å². The smallest absolute Gasteiger partial charge is 0.225 e. The highest BCUT2D eigenvalue weighted by Gasteiger charge is 2.40. The molecule has 1 rings (SSSR count). The van der Waals surface area contributed by atoms with Gasteiger partial charge in [0.05, 0.1) is 5.41 Å². The summed E-state index contributed by atoms with van der Waals surface area (Å²) in [5.74, 6) is -0.391. The van der Waals surface area contributed by atoms with Gasteiger partial charge in [0.15, 0.2) is 0 Å². The Morgan fingerprint density at radius 1 is 1.33 bits per heavy atom. The number of hydrogen-bond donors (Lipinski definition) is 2. The molecule has 0 aromatic carbocycles. The molecule has 3 N–H and O–H groups in total. The van der Waals surface area contributed by atoms with Gasteiger partial charge in [-0.25, -0.2) is 0 Å². The van der Waals surface area contributed by atoms with E-state index in [1.165, 1.54) is 6.92 Å². The maximum atomic E-state index is 11.5. The van der Waals surface area contributed by atoms with Crippen molar-refractivity contribution >= 4 is 11.8 Å². The van der Waals surface area contributed by atoms with Gasteiger partial charge in [0.25, 0.3) is 0 Å². The highest BCUT2D eigenvalue weighted by atomic mass is 16.2. The lowest BCUT2D eigenvalue weighted by molar-refractivity contribution is -0.130. The Kier molecular flexibility index (Phi) is 3.72. The van der Waals surface area contributed by atoms with E-state index in [-0.39, 0.29) is 17.9 Å². The monoisotopic (exact) mass is 212 g/mol. The third-order valence-electron chi connectivity index (χ3n) is 3.40. The molecule has 0 spiro atoms. The van der Waals surface area contributed by atoms with Gasteiger partial charge in [0.1, 0.15) is 0 Å². The maximum absolute atomic E-state index is 11.5. The molecule has 4 nitrogen and oxygen atoms in total. The molecular weight excluding hydrogens is 192 g/mol. The average Bonchev–Trinajstić information content (AvgIpc) is 2.30. The van der Waals surface area contributed by atoms with Crippen LogP contribution in [0, 0.1) is 5.41 Å². The fourth-order valence-electron chi connectivity index (χ4n) is 2.28. The highest BCUT2D eigenvalue weighted by molar-refractivity contribution is 5.82. The number of primary amides is 1. The van der Waals surface area contributed by atoms with Crippen LogP contribution in [0.5, 0.6) is 0 Å². The third-order valence-corrected chi connectivity index (χ3v) is 3.40. The molecule has 2 atom stereocenters. The largest absolute Gasteiger partial charge is 0.369 e. The summed E-state index contributed by atoms with van der Waals surface area (Å²) in [4.78, 5) is 22.6. The van der Waals surface area contributed by atoms with Crippen LogP contribution in [0.3, 0.4) is 0 Å². The molecule has 0 saturated heterocycles. The Bertz CT molecular complexity index is 265. The number of hydrogen-bond acceptors (Lipinski definition) is 2. The minimum atomic E-state index is -0.581. The second-order valence-corrected chi connectivity index (χ2v) is 4.63. The summed E-state index contributed by atoms with van der Waals surface area (Å²) >= 11 is 0. The molecule has 0 aliphatic heterocycles. The van der Waals surface area contributed by atoms with Crippen LogP contribution in [0.4, 0.5) is 0 Å². The lowest BCUT2D eigenvalue weighted by atomic mass is 9.77. The number of nitrogens with two attached hydrogens (primary N) is 1. The van der Waals surface area contributed by atoms with E-state index < -0.39 is 5.41 Å². The lowest BCUT2D eigenvalue weighted by Crippen LogP contribution is -2.51. The van der Waals surface area contributed by atoms with Gasteiger partial charge in [-0.2, -0.15) is 0 Å². The van der Waals surface area contributed by atoms with Crippen molar-refractivity contribution in [2.24, 2.45) is 11.1 Å². The van der Waals surface area contributed by atoms with E-state index in [1.807, 2.05) is 6.92 Å². The standard InChI is InChI=1S/C11H20N2O2/c1-8(14)13-9-6-4-3-5-7-11(9,2)10(12)15/h9H,3-7H2,1-2H3,(H2,12,15)(H,13,14). The molecule has 0 heterocycles. The van der Waals surface area contributed by atoms with E-state index in [2.05, 4.69) is 5.32 Å². The van der Waals surface area contributed by atoms with Crippen molar-refractivity contribution < 1.29 is 9.59 Å². The zero-order chi connectivity index (χ0) is 11.5. The van der Waals surface area contributed by atoms with Gasteiger partial charge < -0.3 is 11.1 Å². The van der Waals surface area contributed by atoms with Gasteiger partial charge >= 0.3 is 0 Å². The van der Waals surface area contributed by atoms with Gasteiger partial charge in [-0.05, 0) is 19.8 Å². The van der Waals surface area contributed by atoms with Crippen molar-refractivity contribution in [3.63, 3.8) is 0 Å². The van der Waals surface area contributed by atoms with E-state index in [9.17, 15) is 9.59 Å². The normalized spacial score (nSPS) is 31.7. The third kappa shape index (κ3) is 2.70. The highest BCUT2D eigenvalue weighted by Crippen LogP contribution is 2.34. The molecular formula is C11H20N2O2. The van der Waals surface area contributed by atoms with E-state index >= 15 is 0 Å². The van der Waals surface area contributed by atoms with Crippen molar-refractivity contribution in [3.8, 4) is 0 Å². The molecule has 86 valence electrons. The summed E-state index contributed by atoms with van der Waals surface area (Å²) in [7, 11) is 0. The number of carbonyl (C=O) groups excluding carboxylic acids is 2. The topological polar surface area (TPSA) is 72.2 Å². The van der Waals surface area contributed by atoms with Crippen LogP contribution < -0.4 is 11.1 Å². The minimum Gasteiger partial charge on any atom is -0.369 e. The fourth-order valence-corrected chi connectivity index (χ4v) is 2.28. The quantitative estimate of drug-likeness (QED) is 0.669. The zero-order valence-electron chi connectivity index (χ0n) is 9.51. The summed E-state index contributed by atoms with van der Waals surface area (Å²) in [6, 6.07) is -0.102. The minimum absolute atomic E-state index is 0.0885. The molecule has 2 unspecified atom stereocenters. The van der Waals surface area contributed by atoms with E-state index in [0.717, 1.165) is 32.1 Å².